The summed E-state index contributed by atoms with van der Waals surface area (Å²) in [5.41, 5.74) is -0.152. The van der Waals surface area contributed by atoms with Crippen molar-refractivity contribution in [3.05, 3.63) is 40.9 Å². The van der Waals surface area contributed by atoms with Crippen molar-refractivity contribution in [3.63, 3.8) is 0 Å². The zero-order chi connectivity index (χ0) is 13.3. The van der Waals surface area contributed by atoms with Gasteiger partial charge in [0.15, 0.2) is 0 Å². The van der Waals surface area contributed by atoms with E-state index in [4.69, 9.17) is 27.9 Å². The molecule has 1 aliphatic carbocycles. The van der Waals surface area contributed by atoms with Crippen molar-refractivity contribution in [3.8, 4) is 5.75 Å². The molecule has 4 heteroatoms. The standard InChI is InChI=1S/C14H14Cl2O2/c1-14(2)10(8-11(15)16)12(14)13(17)18-9-6-4-3-5-7-9/h3-8,10,12H,1-2H3/t10-,12-/m0/s1. The Kier molecular flexibility index (Phi) is 3.69. The van der Waals surface area contributed by atoms with Crippen LogP contribution >= 0.6 is 23.2 Å². The third kappa shape index (κ3) is 2.70. The maximum absolute atomic E-state index is 12.0. The number of hydrogen-bond acceptors (Lipinski definition) is 2. The summed E-state index contributed by atoms with van der Waals surface area (Å²) in [6.45, 7) is 4.00. The Morgan fingerprint density at radius 1 is 1.28 bits per heavy atom. The average molecular weight is 285 g/mol. The number of rotatable bonds is 3. The Morgan fingerprint density at radius 3 is 2.44 bits per heavy atom. The van der Waals surface area contributed by atoms with Gasteiger partial charge in [0.2, 0.25) is 0 Å². The first-order valence-corrected chi connectivity index (χ1v) is 6.48. The second kappa shape index (κ2) is 4.94. The van der Waals surface area contributed by atoms with Crippen LogP contribution in [0.3, 0.4) is 0 Å². The van der Waals surface area contributed by atoms with Crippen molar-refractivity contribution in [2.75, 3.05) is 0 Å². The quantitative estimate of drug-likeness (QED) is 0.615. The summed E-state index contributed by atoms with van der Waals surface area (Å²) in [7, 11) is 0. The monoisotopic (exact) mass is 284 g/mol. The van der Waals surface area contributed by atoms with E-state index >= 15 is 0 Å². The number of para-hydroxylation sites is 1. The molecule has 0 aromatic heterocycles. The van der Waals surface area contributed by atoms with E-state index in [-0.39, 0.29) is 27.7 Å². The van der Waals surface area contributed by atoms with E-state index in [1.807, 2.05) is 32.0 Å². The van der Waals surface area contributed by atoms with Gasteiger partial charge in [0.25, 0.3) is 0 Å². The molecule has 0 radical (unpaired) electrons. The Labute approximate surface area is 117 Å². The van der Waals surface area contributed by atoms with Crippen LogP contribution in [0.5, 0.6) is 5.75 Å². The van der Waals surface area contributed by atoms with E-state index in [2.05, 4.69) is 0 Å². The minimum absolute atomic E-state index is 0.0405. The van der Waals surface area contributed by atoms with E-state index in [0.29, 0.717) is 5.75 Å². The predicted octanol–water partition coefficient (Wildman–Crippen LogP) is 4.18. The van der Waals surface area contributed by atoms with Crippen molar-refractivity contribution < 1.29 is 9.53 Å². The Hall–Kier alpha value is -0.990. The Balaban J connectivity index is 2.05. The molecule has 0 spiro atoms. The summed E-state index contributed by atoms with van der Waals surface area (Å²) in [6, 6.07) is 9.04. The summed E-state index contributed by atoms with van der Waals surface area (Å²) in [6.07, 6.45) is 1.71. The molecular weight excluding hydrogens is 271 g/mol. The van der Waals surface area contributed by atoms with Crippen molar-refractivity contribution in [1.29, 1.82) is 0 Å². The topological polar surface area (TPSA) is 26.3 Å². The minimum Gasteiger partial charge on any atom is -0.426 e. The molecule has 2 atom stereocenters. The van der Waals surface area contributed by atoms with Crippen LogP contribution < -0.4 is 4.74 Å². The van der Waals surface area contributed by atoms with E-state index in [1.54, 1.807) is 18.2 Å². The molecule has 0 unspecified atom stereocenters. The third-order valence-corrected chi connectivity index (χ3v) is 3.68. The summed E-state index contributed by atoms with van der Waals surface area (Å²) in [4.78, 5) is 12.0. The predicted molar refractivity (Wildman–Crippen MR) is 72.6 cm³/mol. The van der Waals surface area contributed by atoms with Gasteiger partial charge in [-0.1, -0.05) is 55.2 Å². The lowest BCUT2D eigenvalue weighted by molar-refractivity contribution is -0.136. The van der Waals surface area contributed by atoms with Gasteiger partial charge in [0.05, 0.1) is 5.92 Å². The fraction of sp³-hybridized carbons (Fsp3) is 0.357. The van der Waals surface area contributed by atoms with Crippen LogP contribution in [0.2, 0.25) is 0 Å². The lowest BCUT2D eigenvalue weighted by atomic mass is 10.1. The average Bonchev–Trinajstić information content (AvgIpc) is 2.80. The van der Waals surface area contributed by atoms with Crippen LogP contribution in [0.4, 0.5) is 0 Å². The van der Waals surface area contributed by atoms with Crippen LogP contribution in [0.15, 0.2) is 40.9 Å². The second-order valence-electron chi connectivity index (χ2n) is 5.02. The van der Waals surface area contributed by atoms with Crippen LogP contribution in [-0.2, 0) is 4.79 Å². The number of carbonyl (C=O) groups is 1. The molecule has 1 saturated carbocycles. The molecule has 2 rings (SSSR count). The number of carbonyl (C=O) groups excluding carboxylic acids is 1. The second-order valence-corrected chi connectivity index (χ2v) is 6.02. The number of halogens is 2. The molecule has 1 aliphatic rings. The van der Waals surface area contributed by atoms with Gasteiger partial charge in [0.1, 0.15) is 10.2 Å². The van der Waals surface area contributed by atoms with Crippen molar-refractivity contribution in [2.45, 2.75) is 13.8 Å². The van der Waals surface area contributed by atoms with Gasteiger partial charge < -0.3 is 4.74 Å². The molecule has 18 heavy (non-hydrogen) atoms. The maximum Gasteiger partial charge on any atom is 0.315 e. The van der Waals surface area contributed by atoms with Crippen molar-refractivity contribution in [2.24, 2.45) is 17.3 Å². The number of ether oxygens (including phenoxy) is 1. The zero-order valence-corrected chi connectivity index (χ0v) is 11.7. The zero-order valence-electron chi connectivity index (χ0n) is 10.2. The summed E-state index contributed by atoms with van der Waals surface area (Å²) < 4.78 is 5.53. The van der Waals surface area contributed by atoms with E-state index < -0.39 is 0 Å². The molecule has 1 fully saturated rings. The molecule has 0 amide bonds. The lowest BCUT2D eigenvalue weighted by Gasteiger charge is -2.04. The first kappa shape index (κ1) is 13.4. The molecule has 1 aromatic rings. The number of hydrogen-bond donors (Lipinski definition) is 0. The molecule has 0 heterocycles. The van der Waals surface area contributed by atoms with Gasteiger partial charge >= 0.3 is 5.97 Å². The SMILES string of the molecule is CC1(C)[C@H](C(=O)Oc2ccccc2)[C@@H]1C=C(Cl)Cl. The fourth-order valence-electron chi connectivity index (χ4n) is 2.24. The Bertz CT molecular complexity index is 476. The smallest absolute Gasteiger partial charge is 0.315 e. The summed E-state index contributed by atoms with van der Waals surface area (Å²) >= 11 is 11.3. The van der Waals surface area contributed by atoms with Gasteiger partial charge in [-0.05, 0) is 29.5 Å². The first-order valence-electron chi connectivity index (χ1n) is 5.72. The van der Waals surface area contributed by atoms with Gasteiger partial charge in [-0.3, -0.25) is 4.79 Å². The minimum atomic E-state index is -0.234. The number of allylic oxidation sites excluding steroid dienone is 1. The number of benzene rings is 1. The molecule has 0 bridgehead atoms. The van der Waals surface area contributed by atoms with E-state index in [9.17, 15) is 4.79 Å². The van der Waals surface area contributed by atoms with Gasteiger partial charge in [-0.2, -0.15) is 0 Å². The first-order chi connectivity index (χ1) is 8.43. The molecule has 2 nitrogen and oxygen atoms in total. The molecule has 1 aromatic carbocycles. The highest BCUT2D eigenvalue weighted by Gasteiger charge is 2.61. The highest BCUT2D eigenvalue weighted by Crippen LogP contribution is 2.60. The highest BCUT2D eigenvalue weighted by molar-refractivity contribution is 6.55. The number of esters is 1. The molecular formula is C14H14Cl2O2. The molecule has 0 N–H and O–H groups in total. The Morgan fingerprint density at radius 2 is 1.89 bits per heavy atom. The highest BCUT2D eigenvalue weighted by atomic mass is 35.5. The van der Waals surface area contributed by atoms with Gasteiger partial charge in [-0.15, -0.1) is 0 Å². The van der Waals surface area contributed by atoms with E-state index in [0.717, 1.165) is 0 Å². The largest absolute Gasteiger partial charge is 0.426 e. The maximum atomic E-state index is 12.0. The molecule has 0 saturated heterocycles. The van der Waals surface area contributed by atoms with Crippen LogP contribution in [0.25, 0.3) is 0 Å². The van der Waals surface area contributed by atoms with Crippen molar-refractivity contribution >= 4 is 29.2 Å². The molecule has 96 valence electrons. The van der Waals surface area contributed by atoms with E-state index in [1.165, 1.54) is 0 Å². The van der Waals surface area contributed by atoms with Crippen LogP contribution in [0.1, 0.15) is 13.8 Å². The molecule has 0 aliphatic heterocycles. The van der Waals surface area contributed by atoms with Gasteiger partial charge in [-0.25, -0.2) is 0 Å². The fourth-order valence-corrected chi connectivity index (χ4v) is 2.51. The van der Waals surface area contributed by atoms with Crippen molar-refractivity contribution in [1.82, 2.24) is 0 Å². The van der Waals surface area contributed by atoms with Gasteiger partial charge in [0, 0.05) is 0 Å². The summed E-state index contributed by atoms with van der Waals surface area (Å²) in [5.74, 6) is 0.177. The normalized spacial score (nSPS) is 24.2. The van der Waals surface area contributed by atoms with Crippen LogP contribution in [0, 0.1) is 17.3 Å². The summed E-state index contributed by atoms with van der Waals surface area (Å²) in [5, 5.41) is 0. The van der Waals surface area contributed by atoms with Crippen LogP contribution in [-0.4, -0.2) is 5.97 Å². The lowest BCUT2D eigenvalue weighted by Crippen LogP contribution is -2.13. The third-order valence-electron chi connectivity index (χ3n) is 3.43.